The van der Waals surface area contributed by atoms with E-state index in [4.69, 9.17) is 0 Å². The van der Waals surface area contributed by atoms with E-state index in [1.165, 1.54) is 0 Å². The molecule has 5 nitrogen and oxygen atoms in total. The Kier molecular flexibility index (Phi) is 4.55. The molecule has 0 saturated carbocycles. The molecule has 19 heavy (non-hydrogen) atoms. The van der Waals surface area contributed by atoms with Gasteiger partial charge in [0.2, 0.25) is 0 Å². The summed E-state index contributed by atoms with van der Waals surface area (Å²) in [4.78, 5) is 16.7. The average Bonchev–Trinajstić information content (AvgIpc) is 2.77. The molecule has 2 atom stereocenters. The van der Waals surface area contributed by atoms with Gasteiger partial charge >= 0.3 is 5.69 Å². The molecule has 0 radical (unpaired) electrons. The maximum Gasteiger partial charge on any atom is 0.323 e. The minimum atomic E-state index is -0.734. The number of aromatic nitrogens is 2. The summed E-state index contributed by atoms with van der Waals surface area (Å²) in [7, 11) is -0.734. The van der Waals surface area contributed by atoms with Crippen molar-refractivity contribution in [3.63, 3.8) is 0 Å². The van der Waals surface area contributed by atoms with E-state index in [1.807, 2.05) is 25.1 Å². The number of aromatic amines is 2. The second-order valence-corrected chi connectivity index (χ2v) is 6.36. The van der Waals surface area contributed by atoms with E-state index in [2.05, 4.69) is 22.2 Å². The van der Waals surface area contributed by atoms with Crippen LogP contribution < -0.4 is 11.0 Å². The molecule has 0 aliphatic carbocycles. The molecule has 1 aromatic carbocycles. The second-order valence-electron chi connectivity index (χ2n) is 4.49. The lowest BCUT2D eigenvalue weighted by atomic mass is 10.1. The maximum absolute atomic E-state index is 11.3. The molecule has 0 amide bonds. The fourth-order valence-corrected chi connectivity index (χ4v) is 2.61. The Hall–Kier alpha value is -1.40. The van der Waals surface area contributed by atoms with Gasteiger partial charge in [0, 0.05) is 34.9 Å². The van der Waals surface area contributed by atoms with E-state index in [1.54, 1.807) is 0 Å². The summed E-state index contributed by atoms with van der Waals surface area (Å²) in [5, 5.41) is 3.34. The zero-order chi connectivity index (χ0) is 13.8. The first-order chi connectivity index (χ1) is 9.10. The Labute approximate surface area is 114 Å². The van der Waals surface area contributed by atoms with E-state index < -0.39 is 10.8 Å². The van der Waals surface area contributed by atoms with Crippen molar-refractivity contribution in [2.75, 3.05) is 18.1 Å². The molecule has 0 bridgehead atoms. The SMILES string of the molecule is CCS(=O)CCNC(C)c1ccc2[nH]c(=O)[nH]c2c1. The van der Waals surface area contributed by atoms with Gasteiger partial charge in [0.05, 0.1) is 11.0 Å². The Balaban J connectivity index is 2.02. The van der Waals surface area contributed by atoms with Gasteiger partial charge in [0.15, 0.2) is 0 Å². The summed E-state index contributed by atoms with van der Waals surface area (Å²) in [5.74, 6) is 1.37. The Morgan fingerprint density at radius 3 is 2.79 bits per heavy atom. The second kappa shape index (κ2) is 6.16. The molecule has 0 spiro atoms. The predicted octanol–water partition coefficient (Wildman–Crippen LogP) is 1.28. The molecule has 2 unspecified atom stereocenters. The van der Waals surface area contributed by atoms with E-state index in [0.29, 0.717) is 11.5 Å². The number of nitrogens with one attached hydrogen (secondary N) is 3. The van der Waals surface area contributed by atoms with Gasteiger partial charge in [-0.25, -0.2) is 4.79 Å². The van der Waals surface area contributed by atoms with Crippen molar-refractivity contribution in [3.8, 4) is 0 Å². The molecule has 6 heteroatoms. The van der Waals surface area contributed by atoms with Crippen LogP contribution in [0.25, 0.3) is 11.0 Å². The van der Waals surface area contributed by atoms with E-state index in [-0.39, 0.29) is 11.7 Å². The largest absolute Gasteiger partial charge is 0.323 e. The summed E-state index contributed by atoms with van der Waals surface area (Å²) >= 11 is 0. The third kappa shape index (κ3) is 3.54. The van der Waals surface area contributed by atoms with E-state index >= 15 is 0 Å². The lowest BCUT2D eigenvalue weighted by Crippen LogP contribution is -2.24. The third-order valence-corrected chi connectivity index (χ3v) is 4.45. The fourth-order valence-electron chi connectivity index (χ4n) is 1.97. The third-order valence-electron chi connectivity index (χ3n) is 3.14. The van der Waals surface area contributed by atoms with Crippen LogP contribution >= 0.6 is 0 Å². The summed E-state index contributed by atoms with van der Waals surface area (Å²) in [5.41, 5.74) is 2.54. The number of hydrogen-bond donors (Lipinski definition) is 3. The van der Waals surface area contributed by atoms with Crippen molar-refractivity contribution in [2.24, 2.45) is 0 Å². The number of benzene rings is 1. The Morgan fingerprint density at radius 2 is 2.05 bits per heavy atom. The van der Waals surface area contributed by atoms with Crippen molar-refractivity contribution in [1.82, 2.24) is 15.3 Å². The quantitative estimate of drug-likeness (QED) is 0.746. The Morgan fingerprint density at radius 1 is 1.32 bits per heavy atom. The van der Waals surface area contributed by atoms with Crippen LogP contribution in [-0.2, 0) is 10.8 Å². The van der Waals surface area contributed by atoms with Crippen LogP contribution in [0, 0.1) is 0 Å². The zero-order valence-corrected chi connectivity index (χ0v) is 12.0. The molecule has 2 rings (SSSR count). The maximum atomic E-state index is 11.3. The smallest absolute Gasteiger partial charge is 0.309 e. The molecular formula is C13H19N3O2S. The van der Waals surface area contributed by atoms with Crippen LogP contribution in [0.2, 0.25) is 0 Å². The van der Waals surface area contributed by atoms with Crippen LogP contribution in [0.4, 0.5) is 0 Å². The van der Waals surface area contributed by atoms with Crippen molar-refractivity contribution < 1.29 is 4.21 Å². The Bertz CT molecular complexity index is 632. The number of H-pyrrole nitrogens is 2. The molecule has 2 aromatic rings. The van der Waals surface area contributed by atoms with Crippen LogP contribution in [0.5, 0.6) is 0 Å². The van der Waals surface area contributed by atoms with Gasteiger partial charge in [-0.2, -0.15) is 0 Å². The first kappa shape index (κ1) is 14.0. The first-order valence-electron chi connectivity index (χ1n) is 6.40. The molecule has 3 N–H and O–H groups in total. The van der Waals surface area contributed by atoms with Crippen molar-refractivity contribution >= 4 is 21.8 Å². The topological polar surface area (TPSA) is 77.8 Å². The van der Waals surface area contributed by atoms with Crippen molar-refractivity contribution in [2.45, 2.75) is 19.9 Å². The highest BCUT2D eigenvalue weighted by Crippen LogP contribution is 2.16. The summed E-state index contributed by atoms with van der Waals surface area (Å²) in [6, 6.07) is 6.00. The highest BCUT2D eigenvalue weighted by atomic mass is 32.2. The standard InChI is InChI=1S/C13H19N3O2S/c1-3-19(18)7-6-14-9(2)10-4-5-11-12(8-10)16-13(17)15-11/h4-5,8-9,14H,3,6-7H2,1-2H3,(H2,15,16,17). The van der Waals surface area contributed by atoms with E-state index in [9.17, 15) is 9.00 Å². The van der Waals surface area contributed by atoms with Gasteiger partial charge in [-0.1, -0.05) is 13.0 Å². The molecule has 0 fully saturated rings. The van der Waals surface area contributed by atoms with Gasteiger partial charge in [-0.05, 0) is 24.6 Å². The van der Waals surface area contributed by atoms with Crippen LogP contribution in [0.15, 0.2) is 23.0 Å². The van der Waals surface area contributed by atoms with Crippen LogP contribution in [-0.4, -0.2) is 32.2 Å². The number of hydrogen-bond acceptors (Lipinski definition) is 3. The lowest BCUT2D eigenvalue weighted by Gasteiger charge is -2.14. The van der Waals surface area contributed by atoms with Gasteiger partial charge in [0.1, 0.15) is 0 Å². The molecule has 0 aliphatic rings. The van der Waals surface area contributed by atoms with Gasteiger partial charge < -0.3 is 15.3 Å². The monoisotopic (exact) mass is 281 g/mol. The molecule has 1 heterocycles. The predicted molar refractivity (Wildman–Crippen MR) is 78.9 cm³/mol. The average molecular weight is 281 g/mol. The van der Waals surface area contributed by atoms with Crippen molar-refractivity contribution in [3.05, 3.63) is 34.2 Å². The number of imidazole rings is 1. The fraction of sp³-hybridized carbons (Fsp3) is 0.462. The molecule has 104 valence electrons. The van der Waals surface area contributed by atoms with Gasteiger partial charge in [0.25, 0.3) is 0 Å². The lowest BCUT2D eigenvalue weighted by molar-refractivity contribution is 0.597. The summed E-state index contributed by atoms with van der Waals surface area (Å²) < 4.78 is 11.3. The molecular weight excluding hydrogens is 262 g/mol. The molecule has 1 aromatic heterocycles. The molecule has 0 aliphatic heterocycles. The minimum absolute atomic E-state index is 0.164. The molecule has 0 saturated heterocycles. The highest BCUT2D eigenvalue weighted by molar-refractivity contribution is 7.84. The summed E-state index contributed by atoms with van der Waals surface area (Å²) in [6.07, 6.45) is 0. The van der Waals surface area contributed by atoms with Gasteiger partial charge in [-0.15, -0.1) is 0 Å². The van der Waals surface area contributed by atoms with Crippen LogP contribution in [0.1, 0.15) is 25.5 Å². The number of fused-ring (bicyclic) bond motifs is 1. The first-order valence-corrected chi connectivity index (χ1v) is 7.89. The van der Waals surface area contributed by atoms with Gasteiger partial charge in [-0.3, -0.25) is 4.21 Å². The normalized spacial score (nSPS) is 14.6. The number of rotatable bonds is 6. The highest BCUT2D eigenvalue weighted by Gasteiger charge is 2.07. The summed E-state index contributed by atoms with van der Waals surface area (Å²) in [6.45, 7) is 4.71. The van der Waals surface area contributed by atoms with Crippen molar-refractivity contribution in [1.29, 1.82) is 0 Å². The van der Waals surface area contributed by atoms with Crippen LogP contribution in [0.3, 0.4) is 0 Å². The zero-order valence-electron chi connectivity index (χ0n) is 11.2. The van der Waals surface area contributed by atoms with E-state index in [0.717, 1.165) is 23.1 Å². The minimum Gasteiger partial charge on any atom is -0.309 e.